The Hall–Kier alpha value is -4.64. The van der Waals surface area contributed by atoms with Crippen molar-refractivity contribution in [1.82, 2.24) is 9.47 Å². The molecule has 1 aromatic heterocycles. The summed E-state index contributed by atoms with van der Waals surface area (Å²) in [6.45, 7) is 4.08. The topological polar surface area (TPSA) is 78.6 Å². The monoisotopic (exact) mass is 510 g/mol. The highest BCUT2D eigenvalue weighted by molar-refractivity contribution is 5.96. The normalized spacial score (nSPS) is 13.4. The highest BCUT2D eigenvalue weighted by atomic mass is 19.1. The Balaban J connectivity index is 1.48. The molecule has 1 aliphatic heterocycles. The van der Waals surface area contributed by atoms with Gasteiger partial charge in [0.25, 0.3) is 11.5 Å². The molecule has 0 N–H and O–H groups in total. The van der Waals surface area contributed by atoms with Crippen molar-refractivity contribution in [1.29, 1.82) is 5.26 Å². The van der Waals surface area contributed by atoms with E-state index < -0.39 is 0 Å². The first-order valence-electron chi connectivity index (χ1n) is 12.4. The Morgan fingerprint density at radius 3 is 2.32 bits per heavy atom. The summed E-state index contributed by atoms with van der Waals surface area (Å²) >= 11 is 0. The van der Waals surface area contributed by atoms with E-state index in [1.807, 2.05) is 30.0 Å². The van der Waals surface area contributed by atoms with Crippen LogP contribution in [0.15, 0.2) is 71.5 Å². The third-order valence-corrected chi connectivity index (χ3v) is 6.98. The van der Waals surface area contributed by atoms with E-state index in [9.17, 15) is 19.2 Å². The van der Waals surface area contributed by atoms with Gasteiger partial charge < -0.3 is 19.1 Å². The number of fused-ring (bicyclic) bond motifs is 1. The number of amides is 1. The van der Waals surface area contributed by atoms with Crippen molar-refractivity contribution in [3.8, 4) is 11.8 Å². The molecule has 8 heteroatoms. The first kappa shape index (κ1) is 25.0. The highest BCUT2D eigenvalue weighted by Crippen LogP contribution is 2.31. The van der Waals surface area contributed by atoms with Crippen molar-refractivity contribution in [2.75, 3.05) is 38.2 Å². The van der Waals surface area contributed by atoms with Gasteiger partial charge in [-0.15, -0.1) is 0 Å². The Morgan fingerprint density at radius 2 is 1.68 bits per heavy atom. The molecule has 0 spiro atoms. The maximum absolute atomic E-state index is 13.6. The average molecular weight is 511 g/mol. The number of nitriles is 1. The SMILES string of the molecule is COc1ccc(C(=O)N2CCN(c3c(C#N)c(=O)n(Cc4ccc(F)cc4)c4ccc(C)cc34)CC2)cc1. The minimum absolute atomic E-state index is 0.0665. The number of ether oxygens (including phenoxy) is 1. The number of piperazine rings is 1. The van der Waals surface area contributed by atoms with Crippen molar-refractivity contribution in [2.45, 2.75) is 13.5 Å². The fourth-order valence-corrected chi connectivity index (χ4v) is 4.96. The van der Waals surface area contributed by atoms with Gasteiger partial charge in [0.1, 0.15) is 23.2 Å². The number of carbonyl (C=O) groups is 1. The quantitative estimate of drug-likeness (QED) is 0.399. The van der Waals surface area contributed by atoms with Crippen molar-refractivity contribution < 1.29 is 13.9 Å². The van der Waals surface area contributed by atoms with E-state index in [4.69, 9.17) is 4.74 Å². The van der Waals surface area contributed by atoms with E-state index in [1.165, 1.54) is 12.1 Å². The van der Waals surface area contributed by atoms with E-state index >= 15 is 0 Å². The lowest BCUT2D eigenvalue weighted by Gasteiger charge is -2.37. The third-order valence-electron chi connectivity index (χ3n) is 6.98. The number of halogens is 1. The van der Waals surface area contributed by atoms with Crippen LogP contribution in [-0.2, 0) is 6.54 Å². The number of aromatic nitrogens is 1. The van der Waals surface area contributed by atoms with Crippen LogP contribution in [0.25, 0.3) is 10.9 Å². The summed E-state index contributed by atoms with van der Waals surface area (Å²) in [7, 11) is 1.58. The predicted molar refractivity (Wildman–Crippen MR) is 144 cm³/mol. The number of carbonyl (C=O) groups excluding carboxylic acids is 1. The molecule has 0 atom stereocenters. The first-order chi connectivity index (χ1) is 18.4. The van der Waals surface area contributed by atoms with Gasteiger partial charge in [0.15, 0.2) is 0 Å². The average Bonchev–Trinajstić information content (AvgIpc) is 2.95. The van der Waals surface area contributed by atoms with Gasteiger partial charge in [-0.05, 0) is 61.0 Å². The molecule has 0 bridgehead atoms. The van der Waals surface area contributed by atoms with Gasteiger partial charge in [0.05, 0.1) is 24.9 Å². The zero-order valence-corrected chi connectivity index (χ0v) is 21.3. The molecule has 3 aromatic carbocycles. The zero-order chi connectivity index (χ0) is 26.8. The number of anilines is 1. The van der Waals surface area contributed by atoms with Crippen LogP contribution in [-0.4, -0.2) is 48.7 Å². The fraction of sp³-hybridized carbons (Fsp3) is 0.233. The summed E-state index contributed by atoms with van der Waals surface area (Å²) in [5, 5.41) is 10.9. The molecular weight excluding hydrogens is 483 g/mol. The summed E-state index contributed by atoms with van der Waals surface area (Å²) in [5.41, 5.74) is 3.33. The van der Waals surface area contributed by atoms with Crippen LogP contribution in [0.5, 0.6) is 5.75 Å². The van der Waals surface area contributed by atoms with E-state index in [-0.39, 0.29) is 29.4 Å². The van der Waals surface area contributed by atoms with Gasteiger partial charge in [0, 0.05) is 37.1 Å². The van der Waals surface area contributed by atoms with Crippen LogP contribution < -0.4 is 15.2 Å². The maximum Gasteiger partial charge on any atom is 0.271 e. The van der Waals surface area contributed by atoms with Gasteiger partial charge >= 0.3 is 0 Å². The van der Waals surface area contributed by atoms with Gasteiger partial charge in [-0.2, -0.15) is 5.26 Å². The zero-order valence-electron chi connectivity index (χ0n) is 21.3. The summed E-state index contributed by atoms with van der Waals surface area (Å²) in [5.74, 6) is 0.272. The number of benzene rings is 3. The number of nitrogens with zero attached hydrogens (tertiary/aromatic N) is 4. The second kappa shape index (κ2) is 10.4. The molecule has 0 aliphatic carbocycles. The summed E-state index contributed by atoms with van der Waals surface area (Å²) in [6, 6.07) is 21.0. The minimum atomic E-state index is -0.389. The first-order valence-corrected chi connectivity index (χ1v) is 12.4. The molecule has 5 rings (SSSR count). The van der Waals surface area contributed by atoms with E-state index in [1.54, 1.807) is 53.0 Å². The molecule has 1 amide bonds. The lowest BCUT2D eigenvalue weighted by atomic mass is 10.0. The van der Waals surface area contributed by atoms with Crippen LogP contribution in [0, 0.1) is 24.1 Å². The Labute approximate surface area is 219 Å². The summed E-state index contributed by atoms with van der Waals surface area (Å²) in [4.78, 5) is 30.5. The van der Waals surface area contributed by atoms with Crippen LogP contribution in [0.4, 0.5) is 10.1 Å². The number of methoxy groups -OCH3 is 1. The second-order valence-electron chi connectivity index (χ2n) is 9.38. The van der Waals surface area contributed by atoms with Crippen LogP contribution >= 0.6 is 0 Å². The molecule has 0 unspecified atom stereocenters. The lowest BCUT2D eigenvalue weighted by Crippen LogP contribution is -2.49. The molecule has 4 aromatic rings. The molecule has 38 heavy (non-hydrogen) atoms. The highest BCUT2D eigenvalue weighted by Gasteiger charge is 2.27. The Kier molecular flexibility index (Phi) is 6.84. The van der Waals surface area contributed by atoms with Gasteiger partial charge in [-0.1, -0.05) is 23.8 Å². The van der Waals surface area contributed by atoms with Gasteiger partial charge in [-0.3, -0.25) is 9.59 Å². The van der Waals surface area contributed by atoms with Gasteiger partial charge in [-0.25, -0.2) is 4.39 Å². The minimum Gasteiger partial charge on any atom is -0.497 e. The van der Waals surface area contributed by atoms with Crippen LogP contribution in [0.3, 0.4) is 0 Å². The van der Waals surface area contributed by atoms with Crippen LogP contribution in [0.1, 0.15) is 27.0 Å². The largest absolute Gasteiger partial charge is 0.497 e. The number of hydrogen-bond donors (Lipinski definition) is 0. The van der Waals surface area contributed by atoms with Crippen molar-refractivity contribution in [3.63, 3.8) is 0 Å². The lowest BCUT2D eigenvalue weighted by molar-refractivity contribution is 0.0747. The van der Waals surface area contributed by atoms with Gasteiger partial charge in [0.2, 0.25) is 0 Å². The number of rotatable bonds is 5. The van der Waals surface area contributed by atoms with Crippen molar-refractivity contribution in [2.24, 2.45) is 0 Å². The standard InChI is InChI=1S/C30H27FN4O3/c1-20-3-12-27-25(17-20)28(26(18-32)30(37)35(27)19-21-4-8-23(31)9-5-21)33-13-15-34(16-14-33)29(36)22-6-10-24(38-2)11-7-22/h3-12,17H,13-16,19H2,1-2H3. The summed E-state index contributed by atoms with van der Waals surface area (Å²) in [6.07, 6.45) is 0. The predicted octanol–water partition coefficient (Wildman–Crippen LogP) is 4.34. The molecule has 1 aliphatic rings. The molecular formula is C30H27FN4O3. The molecule has 1 fully saturated rings. The molecule has 192 valence electrons. The van der Waals surface area contributed by atoms with Crippen LogP contribution in [0.2, 0.25) is 0 Å². The Bertz CT molecular complexity index is 1600. The maximum atomic E-state index is 13.6. The molecule has 7 nitrogen and oxygen atoms in total. The third kappa shape index (κ3) is 4.71. The number of hydrogen-bond acceptors (Lipinski definition) is 5. The van der Waals surface area contributed by atoms with Crippen molar-refractivity contribution in [3.05, 3.63) is 105 Å². The molecule has 0 saturated carbocycles. The number of aryl methyl sites for hydroxylation is 1. The molecule has 2 heterocycles. The van der Waals surface area contributed by atoms with E-state index in [0.29, 0.717) is 48.7 Å². The van der Waals surface area contributed by atoms with Crippen molar-refractivity contribution >= 4 is 22.5 Å². The van der Waals surface area contributed by atoms with E-state index in [0.717, 1.165) is 16.5 Å². The smallest absolute Gasteiger partial charge is 0.271 e. The fourth-order valence-electron chi connectivity index (χ4n) is 4.96. The molecule has 1 saturated heterocycles. The summed E-state index contributed by atoms with van der Waals surface area (Å²) < 4.78 is 20.2. The number of pyridine rings is 1. The Morgan fingerprint density at radius 1 is 1.00 bits per heavy atom. The van der Waals surface area contributed by atoms with E-state index in [2.05, 4.69) is 6.07 Å². The second-order valence-corrected chi connectivity index (χ2v) is 9.38. The molecule has 0 radical (unpaired) electrons.